The van der Waals surface area contributed by atoms with Crippen molar-refractivity contribution in [3.05, 3.63) is 65.4 Å². The summed E-state index contributed by atoms with van der Waals surface area (Å²) in [5.74, 6) is -0.151. The average Bonchev–Trinajstić information content (AvgIpc) is 2.73. The van der Waals surface area contributed by atoms with Gasteiger partial charge in [0.25, 0.3) is 0 Å². The molecule has 3 nitrogen and oxygen atoms in total. The summed E-state index contributed by atoms with van der Waals surface area (Å²) in [6, 6.07) is 9.31. The van der Waals surface area contributed by atoms with Gasteiger partial charge in [-0.25, -0.2) is 4.39 Å². The number of benzene rings is 1. The molecule has 0 amide bonds. The molecule has 0 radical (unpaired) electrons. The number of rotatable bonds is 3. The van der Waals surface area contributed by atoms with E-state index in [2.05, 4.69) is 27.6 Å². The van der Waals surface area contributed by atoms with E-state index < -0.39 is 0 Å². The van der Waals surface area contributed by atoms with Crippen molar-refractivity contribution in [2.45, 2.75) is 32.4 Å². The molecule has 0 saturated heterocycles. The Balaban J connectivity index is 1.77. The molecule has 24 heavy (non-hydrogen) atoms. The number of fused-ring (bicyclic) bond motifs is 3. The topological polar surface area (TPSA) is 21.1 Å². The lowest BCUT2D eigenvalue weighted by atomic mass is 10.1. The first-order valence-corrected chi connectivity index (χ1v) is 8.59. The number of halogens is 1. The quantitative estimate of drug-likeness (QED) is 0.731. The van der Waals surface area contributed by atoms with Crippen molar-refractivity contribution in [2.24, 2.45) is 0 Å². The van der Waals surface area contributed by atoms with Crippen LogP contribution < -0.4 is 0 Å². The fourth-order valence-corrected chi connectivity index (χ4v) is 3.82. The van der Waals surface area contributed by atoms with Gasteiger partial charge in [-0.05, 0) is 68.2 Å². The van der Waals surface area contributed by atoms with Gasteiger partial charge in [0, 0.05) is 42.1 Å². The largest absolute Gasteiger partial charge is 0.344 e. The molecule has 3 aromatic rings. The molecule has 0 bridgehead atoms. The minimum atomic E-state index is -0.151. The van der Waals surface area contributed by atoms with E-state index in [0.717, 1.165) is 49.8 Å². The lowest BCUT2D eigenvalue weighted by molar-refractivity contribution is 0.333. The van der Waals surface area contributed by atoms with Gasteiger partial charge >= 0.3 is 0 Å². The fraction of sp³-hybridized carbons (Fsp3) is 0.350. The number of hydrogen-bond donors (Lipinski definition) is 0. The van der Waals surface area contributed by atoms with Crippen LogP contribution >= 0.6 is 0 Å². The number of aromatic nitrogens is 2. The summed E-state index contributed by atoms with van der Waals surface area (Å²) in [5, 5.41) is 1.07. The molecule has 3 heterocycles. The first-order chi connectivity index (χ1) is 11.7. The molecule has 4 heteroatoms. The molecule has 4 rings (SSSR count). The minimum Gasteiger partial charge on any atom is -0.344 e. The average molecular weight is 323 g/mol. The second kappa shape index (κ2) is 6.36. The summed E-state index contributed by atoms with van der Waals surface area (Å²) >= 11 is 0. The van der Waals surface area contributed by atoms with E-state index in [1.54, 1.807) is 18.3 Å². The first-order valence-electron chi connectivity index (χ1n) is 8.59. The van der Waals surface area contributed by atoms with Gasteiger partial charge in [-0.2, -0.15) is 0 Å². The Morgan fingerprint density at radius 3 is 3.00 bits per heavy atom. The Labute approximate surface area is 141 Å². The van der Waals surface area contributed by atoms with Crippen molar-refractivity contribution in [1.29, 1.82) is 0 Å². The van der Waals surface area contributed by atoms with Crippen LogP contribution in [0.25, 0.3) is 10.9 Å². The lowest BCUT2D eigenvalue weighted by Crippen LogP contribution is -2.17. The Bertz CT molecular complexity index is 854. The van der Waals surface area contributed by atoms with Crippen molar-refractivity contribution in [2.75, 3.05) is 13.6 Å². The van der Waals surface area contributed by atoms with Crippen molar-refractivity contribution in [1.82, 2.24) is 14.5 Å². The number of aryl methyl sites for hydroxylation is 2. The van der Waals surface area contributed by atoms with E-state index in [1.165, 1.54) is 16.8 Å². The van der Waals surface area contributed by atoms with Gasteiger partial charge < -0.3 is 9.47 Å². The predicted molar refractivity (Wildman–Crippen MR) is 94.5 cm³/mol. The SMILES string of the molecule is CN1CCCc2c(c3cc(F)ccc3n2CCc2cccnc2)C1. The molecule has 0 aliphatic carbocycles. The molecule has 1 aliphatic rings. The lowest BCUT2D eigenvalue weighted by Gasteiger charge is -2.12. The Hall–Kier alpha value is -2.20. The fourth-order valence-electron chi connectivity index (χ4n) is 3.82. The maximum atomic E-state index is 13.8. The van der Waals surface area contributed by atoms with Crippen LogP contribution in [0, 0.1) is 5.82 Å². The number of hydrogen-bond acceptors (Lipinski definition) is 2. The smallest absolute Gasteiger partial charge is 0.123 e. The highest BCUT2D eigenvalue weighted by atomic mass is 19.1. The van der Waals surface area contributed by atoms with Gasteiger partial charge in [-0.15, -0.1) is 0 Å². The van der Waals surface area contributed by atoms with Crippen LogP contribution in [0.2, 0.25) is 0 Å². The van der Waals surface area contributed by atoms with Gasteiger partial charge in [-0.3, -0.25) is 4.98 Å². The van der Waals surface area contributed by atoms with E-state index in [9.17, 15) is 4.39 Å². The summed E-state index contributed by atoms with van der Waals surface area (Å²) in [5.41, 5.74) is 5.07. The highest BCUT2D eigenvalue weighted by molar-refractivity contribution is 5.85. The van der Waals surface area contributed by atoms with Crippen LogP contribution in [0.5, 0.6) is 0 Å². The molecule has 1 aliphatic heterocycles. The van der Waals surface area contributed by atoms with Crippen molar-refractivity contribution < 1.29 is 4.39 Å². The maximum Gasteiger partial charge on any atom is 0.123 e. The van der Waals surface area contributed by atoms with E-state index >= 15 is 0 Å². The van der Waals surface area contributed by atoms with Crippen LogP contribution in [0.3, 0.4) is 0 Å². The Kier molecular flexibility index (Phi) is 4.07. The predicted octanol–water partition coefficient (Wildman–Crippen LogP) is 3.80. The molecule has 1 aromatic carbocycles. The Morgan fingerprint density at radius 1 is 1.25 bits per heavy atom. The zero-order valence-electron chi connectivity index (χ0n) is 14.0. The number of pyridine rings is 1. The minimum absolute atomic E-state index is 0.151. The molecule has 2 aromatic heterocycles. The van der Waals surface area contributed by atoms with E-state index in [0.29, 0.717) is 0 Å². The van der Waals surface area contributed by atoms with Gasteiger partial charge in [0.1, 0.15) is 5.82 Å². The third kappa shape index (κ3) is 2.82. The zero-order valence-corrected chi connectivity index (χ0v) is 14.0. The van der Waals surface area contributed by atoms with Crippen molar-refractivity contribution in [3.8, 4) is 0 Å². The number of nitrogens with zero attached hydrogens (tertiary/aromatic N) is 3. The highest BCUT2D eigenvalue weighted by Crippen LogP contribution is 2.31. The van der Waals surface area contributed by atoms with Crippen LogP contribution in [0.15, 0.2) is 42.7 Å². The Morgan fingerprint density at radius 2 is 2.17 bits per heavy atom. The summed E-state index contributed by atoms with van der Waals surface area (Å²) in [4.78, 5) is 6.54. The normalized spacial score (nSPS) is 15.4. The van der Waals surface area contributed by atoms with Crippen molar-refractivity contribution in [3.63, 3.8) is 0 Å². The molecule has 0 spiro atoms. The first kappa shape index (κ1) is 15.3. The second-order valence-corrected chi connectivity index (χ2v) is 6.69. The van der Waals surface area contributed by atoms with Crippen LogP contribution in [0.4, 0.5) is 4.39 Å². The van der Waals surface area contributed by atoms with Gasteiger partial charge in [0.2, 0.25) is 0 Å². The van der Waals surface area contributed by atoms with Crippen molar-refractivity contribution >= 4 is 10.9 Å². The van der Waals surface area contributed by atoms with Crippen LogP contribution in [-0.2, 0) is 25.9 Å². The van der Waals surface area contributed by atoms with Gasteiger partial charge in [0.15, 0.2) is 0 Å². The molecular formula is C20H22FN3. The van der Waals surface area contributed by atoms with E-state index in [4.69, 9.17) is 0 Å². The van der Waals surface area contributed by atoms with E-state index in [1.807, 2.05) is 18.3 Å². The zero-order chi connectivity index (χ0) is 16.5. The second-order valence-electron chi connectivity index (χ2n) is 6.69. The summed E-state index contributed by atoms with van der Waals surface area (Å²) in [6.45, 7) is 2.90. The molecule has 0 unspecified atom stereocenters. The molecule has 0 atom stereocenters. The maximum absolute atomic E-state index is 13.8. The molecular weight excluding hydrogens is 301 g/mol. The van der Waals surface area contributed by atoms with Gasteiger partial charge in [-0.1, -0.05) is 6.07 Å². The molecule has 0 fully saturated rings. The highest BCUT2D eigenvalue weighted by Gasteiger charge is 2.21. The van der Waals surface area contributed by atoms with Crippen LogP contribution in [-0.4, -0.2) is 28.0 Å². The molecule has 0 saturated carbocycles. The summed E-state index contributed by atoms with van der Waals surface area (Å²) in [6.07, 6.45) is 6.88. The van der Waals surface area contributed by atoms with Crippen LogP contribution in [0.1, 0.15) is 23.2 Å². The molecule has 0 N–H and O–H groups in total. The van der Waals surface area contributed by atoms with E-state index in [-0.39, 0.29) is 5.82 Å². The molecule has 124 valence electrons. The summed E-state index contributed by atoms with van der Waals surface area (Å²) < 4.78 is 16.2. The summed E-state index contributed by atoms with van der Waals surface area (Å²) in [7, 11) is 2.15. The third-order valence-corrected chi connectivity index (χ3v) is 4.98. The standard InChI is InChI=1S/C20H22FN3/c1-23-10-3-5-19-18(14-23)17-12-16(21)6-7-20(17)24(19)11-8-15-4-2-9-22-13-15/h2,4,6-7,9,12-13H,3,5,8,10-11,14H2,1H3. The van der Waals surface area contributed by atoms with Gasteiger partial charge in [0.05, 0.1) is 0 Å². The monoisotopic (exact) mass is 323 g/mol. The third-order valence-electron chi connectivity index (χ3n) is 4.98.